The highest BCUT2D eigenvalue weighted by Crippen LogP contribution is 2.42. The van der Waals surface area contributed by atoms with Crippen LogP contribution in [0, 0.1) is 11.6 Å². The van der Waals surface area contributed by atoms with E-state index in [0.29, 0.717) is 29.0 Å². The van der Waals surface area contributed by atoms with Crippen molar-refractivity contribution in [2.45, 2.75) is 12.2 Å². The molecule has 6 rings (SSSR count). The Morgan fingerprint density at radius 1 is 1.00 bits per heavy atom. The Hall–Kier alpha value is -4.84. The van der Waals surface area contributed by atoms with Gasteiger partial charge >= 0.3 is 6.18 Å². The average Bonchev–Trinajstić information content (AvgIpc) is 3.53. The van der Waals surface area contributed by atoms with Crippen LogP contribution in [0.4, 0.5) is 27.6 Å². The summed E-state index contributed by atoms with van der Waals surface area (Å²) in [6.07, 6.45) is -1.73. The number of alkyl halides is 3. The van der Waals surface area contributed by atoms with Crippen molar-refractivity contribution in [1.29, 1.82) is 0 Å². The largest absolute Gasteiger partial charge is 0.416 e. The minimum atomic E-state index is -4.90. The van der Waals surface area contributed by atoms with Gasteiger partial charge in [0.15, 0.2) is 5.65 Å². The molecule has 5 aromatic rings. The average molecular weight is 584 g/mol. The molecule has 1 aliphatic heterocycles. The summed E-state index contributed by atoms with van der Waals surface area (Å²) in [6.45, 7) is 0. The second-order valence-electron chi connectivity index (χ2n) is 9.18. The number of carbonyl (C=O) groups excluding carboxylic acids is 2. The van der Waals surface area contributed by atoms with Gasteiger partial charge in [-0.2, -0.15) is 18.3 Å². The molecule has 3 aromatic carbocycles. The zero-order chi connectivity index (χ0) is 29.1. The number of aromatic nitrogens is 3. The maximum atomic E-state index is 14.2. The molecule has 0 radical (unpaired) electrons. The first-order valence-corrected chi connectivity index (χ1v) is 12.3. The van der Waals surface area contributed by atoms with Gasteiger partial charge < -0.3 is 10.6 Å². The Balaban J connectivity index is 1.51. The predicted molar refractivity (Wildman–Crippen MR) is 138 cm³/mol. The number of anilines is 1. The van der Waals surface area contributed by atoms with Crippen molar-refractivity contribution < 1.29 is 31.5 Å². The molecular formula is C28H15ClF5N5O2. The van der Waals surface area contributed by atoms with Crippen LogP contribution in [0.1, 0.15) is 43.4 Å². The fourth-order valence-corrected chi connectivity index (χ4v) is 4.93. The van der Waals surface area contributed by atoms with Crippen LogP contribution in [0.25, 0.3) is 16.9 Å². The van der Waals surface area contributed by atoms with E-state index in [9.17, 15) is 31.5 Å². The van der Waals surface area contributed by atoms with Crippen LogP contribution >= 0.6 is 11.6 Å². The number of fused-ring (bicyclic) bond motifs is 2. The van der Waals surface area contributed by atoms with Gasteiger partial charge in [0.2, 0.25) is 0 Å². The van der Waals surface area contributed by atoms with E-state index in [1.807, 2.05) is 0 Å². The number of carbonyl (C=O) groups is 2. The molecule has 2 N–H and O–H groups in total. The minimum absolute atomic E-state index is 0.000760. The van der Waals surface area contributed by atoms with Crippen LogP contribution in [0.5, 0.6) is 0 Å². The first-order valence-electron chi connectivity index (χ1n) is 11.9. The van der Waals surface area contributed by atoms with Gasteiger partial charge in [0.1, 0.15) is 11.6 Å². The Labute approximate surface area is 232 Å². The second kappa shape index (κ2) is 9.66. The monoisotopic (exact) mass is 583 g/mol. The second-order valence-corrected chi connectivity index (χ2v) is 9.59. The number of rotatable bonds is 4. The maximum Gasteiger partial charge on any atom is 0.416 e. The summed E-state index contributed by atoms with van der Waals surface area (Å²) in [6, 6.07) is 10.2. The maximum absolute atomic E-state index is 14.2. The van der Waals surface area contributed by atoms with Gasteiger partial charge in [0.25, 0.3) is 11.8 Å². The highest BCUT2D eigenvalue weighted by atomic mass is 35.5. The molecule has 0 aliphatic carbocycles. The van der Waals surface area contributed by atoms with Gasteiger partial charge in [-0.1, -0.05) is 11.6 Å². The van der Waals surface area contributed by atoms with Gasteiger partial charge in [-0.3, -0.25) is 9.59 Å². The Bertz CT molecular complexity index is 1890. The van der Waals surface area contributed by atoms with Gasteiger partial charge in [0.05, 0.1) is 23.5 Å². The molecule has 1 unspecified atom stereocenters. The van der Waals surface area contributed by atoms with E-state index in [1.165, 1.54) is 28.9 Å². The SMILES string of the molecule is O=C(Nc1cc(-c2ccn3nccc3n2)cc2c1C(c1cc(F)ccc1Cl)NC2=O)c1cc(F)cc(C(F)(F)F)c1. The number of nitrogens with one attached hydrogen (secondary N) is 2. The number of hydrogen-bond acceptors (Lipinski definition) is 4. The molecule has 0 saturated heterocycles. The highest BCUT2D eigenvalue weighted by Gasteiger charge is 2.36. The molecule has 206 valence electrons. The van der Waals surface area contributed by atoms with Crippen molar-refractivity contribution in [3.05, 3.63) is 118 Å². The fraction of sp³-hybridized carbons (Fsp3) is 0.0714. The molecule has 2 amide bonds. The van der Waals surface area contributed by atoms with Crippen molar-refractivity contribution in [1.82, 2.24) is 19.9 Å². The van der Waals surface area contributed by atoms with E-state index in [4.69, 9.17) is 11.6 Å². The first-order chi connectivity index (χ1) is 19.5. The van der Waals surface area contributed by atoms with Crippen molar-refractivity contribution in [3.8, 4) is 11.3 Å². The lowest BCUT2D eigenvalue weighted by molar-refractivity contribution is -0.137. The molecule has 1 aliphatic rings. The van der Waals surface area contributed by atoms with E-state index < -0.39 is 46.8 Å². The predicted octanol–water partition coefficient (Wildman–Crippen LogP) is 6.43. The van der Waals surface area contributed by atoms with Crippen LogP contribution in [0.15, 0.2) is 73.1 Å². The van der Waals surface area contributed by atoms with Crippen molar-refractivity contribution >= 4 is 34.7 Å². The highest BCUT2D eigenvalue weighted by molar-refractivity contribution is 6.31. The van der Waals surface area contributed by atoms with Crippen molar-refractivity contribution in [3.63, 3.8) is 0 Å². The van der Waals surface area contributed by atoms with Crippen molar-refractivity contribution in [2.24, 2.45) is 0 Å². The molecule has 0 bridgehead atoms. The summed E-state index contributed by atoms with van der Waals surface area (Å²) in [7, 11) is 0. The van der Waals surface area contributed by atoms with E-state index in [-0.39, 0.29) is 33.5 Å². The normalized spacial score (nSPS) is 14.7. The van der Waals surface area contributed by atoms with E-state index >= 15 is 0 Å². The van der Waals surface area contributed by atoms with E-state index in [1.54, 1.807) is 18.3 Å². The van der Waals surface area contributed by atoms with Crippen molar-refractivity contribution in [2.75, 3.05) is 5.32 Å². The smallest absolute Gasteiger partial charge is 0.341 e. The summed E-state index contributed by atoms with van der Waals surface area (Å²) in [5.74, 6) is -3.54. The van der Waals surface area contributed by atoms with Gasteiger partial charge in [-0.25, -0.2) is 18.3 Å². The van der Waals surface area contributed by atoms with Crippen LogP contribution in [-0.2, 0) is 6.18 Å². The van der Waals surface area contributed by atoms with Gasteiger partial charge in [-0.15, -0.1) is 0 Å². The summed E-state index contributed by atoms with van der Waals surface area (Å²) in [5, 5.41) is 9.44. The van der Waals surface area contributed by atoms with Crippen LogP contribution in [-0.4, -0.2) is 26.4 Å². The molecule has 13 heteroatoms. The lowest BCUT2D eigenvalue weighted by Gasteiger charge is -2.19. The number of benzene rings is 3. The molecule has 0 fully saturated rings. The number of nitrogens with zero attached hydrogens (tertiary/aromatic N) is 3. The number of halogens is 6. The standard InChI is InChI=1S/C28H15ClF5N5O2/c29-20-2-1-16(30)12-18(20)25-24-19(27(41)38-25)9-13(21-4-6-39-23(36-21)3-5-35-39)10-22(24)37-26(40)14-7-15(28(32,33)34)11-17(31)8-14/h1-12,25H,(H,37,40)(H,38,41). The number of hydrogen-bond donors (Lipinski definition) is 2. The lowest BCUT2D eigenvalue weighted by Crippen LogP contribution is -2.21. The Morgan fingerprint density at radius 2 is 1.80 bits per heavy atom. The topological polar surface area (TPSA) is 88.4 Å². The molecule has 41 heavy (non-hydrogen) atoms. The molecule has 0 spiro atoms. The zero-order valence-electron chi connectivity index (χ0n) is 20.4. The van der Waals surface area contributed by atoms with E-state index in [0.717, 1.165) is 12.1 Å². The van der Waals surface area contributed by atoms with Crippen LogP contribution in [0.3, 0.4) is 0 Å². The molecule has 7 nitrogen and oxygen atoms in total. The summed E-state index contributed by atoms with van der Waals surface area (Å²) in [5.41, 5.74) is -0.229. The zero-order valence-corrected chi connectivity index (χ0v) is 21.2. The summed E-state index contributed by atoms with van der Waals surface area (Å²) < 4.78 is 69.7. The summed E-state index contributed by atoms with van der Waals surface area (Å²) >= 11 is 6.32. The summed E-state index contributed by atoms with van der Waals surface area (Å²) in [4.78, 5) is 30.9. The quantitative estimate of drug-likeness (QED) is 0.239. The third kappa shape index (κ3) is 4.86. The molecule has 0 saturated carbocycles. The third-order valence-electron chi connectivity index (χ3n) is 6.55. The van der Waals surface area contributed by atoms with E-state index in [2.05, 4.69) is 20.7 Å². The third-order valence-corrected chi connectivity index (χ3v) is 6.89. The van der Waals surface area contributed by atoms with Gasteiger partial charge in [-0.05, 0) is 54.6 Å². The Morgan fingerprint density at radius 3 is 2.59 bits per heavy atom. The lowest BCUT2D eigenvalue weighted by atomic mass is 9.93. The van der Waals surface area contributed by atoms with Crippen LogP contribution < -0.4 is 10.6 Å². The first kappa shape index (κ1) is 26.4. The fourth-order valence-electron chi connectivity index (χ4n) is 4.71. The van der Waals surface area contributed by atoms with Crippen LogP contribution in [0.2, 0.25) is 5.02 Å². The molecule has 1 atom stereocenters. The number of amides is 2. The minimum Gasteiger partial charge on any atom is -0.341 e. The molecular weight excluding hydrogens is 569 g/mol. The van der Waals surface area contributed by atoms with Gasteiger partial charge in [0, 0.05) is 50.8 Å². The molecule has 2 aromatic heterocycles. The molecule has 3 heterocycles. The Kier molecular flexibility index (Phi) is 6.22.